The third-order valence-electron chi connectivity index (χ3n) is 3.42. The molecular formula is C16H14N2O4. The lowest BCUT2D eigenvalue weighted by Crippen LogP contribution is -1.94. The number of carbonyl (C=O) groups is 2. The predicted octanol–water partition coefficient (Wildman–Crippen LogP) is 1.88. The number of rotatable bonds is 0. The van der Waals surface area contributed by atoms with E-state index >= 15 is 0 Å². The molecule has 0 radical (unpaired) electrons. The minimum absolute atomic E-state index is 0.250. The van der Waals surface area contributed by atoms with Crippen molar-refractivity contribution in [2.45, 2.75) is 13.2 Å². The molecule has 0 unspecified atom stereocenters. The molecule has 6 heteroatoms. The predicted molar refractivity (Wildman–Crippen MR) is 79.9 cm³/mol. The van der Waals surface area contributed by atoms with E-state index in [1.807, 2.05) is 6.07 Å². The number of anilines is 2. The van der Waals surface area contributed by atoms with Gasteiger partial charge in [0.05, 0.1) is 11.1 Å². The molecular weight excluding hydrogens is 284 g/mol. The van der Waals surface area contributed by atoms with E-state index in [1.54, 1.807) is 30.3 Å². The van der Waals surface area contributed by atoms with Gasteiger partial charge in [0.15, 0.2) is 0 Å². The van der Waals surface area contributed by atoms with Crippen LogP contribution in [0.2, 0.25) is 0 Å². The van der Waals surface area contributed by atoms with Crippen molar-refractivity contribution in [2.75, 3.05) is 11.5 Å². The maximum absolute atomic E-state index is 10.9. The van der Waals surface area contributed by atoms with E-state index < -0.39 is 0 Å². The molecule has 2 aromatic carbocycles. The largest absolute Gasteiger partial charge is 0.457 e. The summed E-state index contributed by atoms with van der Waals surface area (Å²) in [4.78, 5) is 21.9. The van der Waals surface area contributed by atoms with Crippen molar-refractivity contribution in [2.24, 2.45) is 0 Å². The second kappa shape index (κ2) is 5.40. The van der Waals surface area contributed by atoms with Crippen molar-refractivity contribution in [3.05, 3.63) is 58.7 Å². The summed E-state index contributed by atoms with van der Waals surface area (Å²) in [5, 5.41) is 0. The maximum atomic E-state index is 10.9. The van der Waals surface area contributed by atoms with E-state index in [1.165, 1.54) is 0 Å². The number of esters is 2. The number of nitrogens with two attached hydrogens (primary N) is 2. The van der Waals surface area contributed by atoms with E-state index in [0.29, 0.717) is 35.7 Å². The number of ether oxygens (including phenoxy) is 2. The lowest BCUT2D eigenvalue weighted by molar-refractivity contribution is 0.0526. The summed E-state index contributed by atoms with van der Waals surface area (Å²) >= 11 is 0. The Bertz CT molecular complexity index is 771. The standard InChI is InChI=1S/2C8H7NO2/c9-6-1-2-7-5(3-6)4-11-8(7)10;9-6-2-1-5-4-11-8(10)7(5)3-6/h2*1-3H,4,9H2. The van der Waals surface area contributed by atoms with Crippen molar-refractivity contribution in [3.63, 3.8) is 0 Å². The van der Waals surface area contributed by atoms with Gasteiger partial charge in [-0.05, 0) is 30.3 Å². The Balaban J connectivity index is 0.000000131. The van der Waals surface area contributed by atoms with Crippen LogP contribution >= 0.6 is 0 Å². The molecule has 0 amide bonds. The summed E-state index contributed by atoms with van der Waals surface area (Å²) in [5.41, 5.74) is 15.3. The monoisotopic (exact) mass is 298 g/mol. The fourth-order valence-corrected chi connectivity index (χ4v) is 2.28. The van der Waals surface area contributed by atoms with Crippen LogP contribution in [0.3, 0.4) is 0 Å². The van der Waals surface area contributed by atoms with Crippen molar-refractivity contribution in [1.82, 2.24) is 0 Å². The Morgan fingerprint density at radius 1 is 0.727 bits per heavy atom. The van der Waals surface area contributed by atoms with Gasteiger partial charge >= 0.3 is 11.9 Å². The van der Waals surface area contributed by atoms with Gasteiger partial charge in [-0.3, -0.25) is 0 Å². The first kappa shape index (κ1) is 13.9. The summed E-state index contributed by atoms with van der Waals surface area (Å²) in [6.45, 7) is 0.744. The maximum Gasteiger partial charge on any atom is 0.338 e. The van der Waals surface area contributed by atoms with E-state index in [2.05, 4.69) is 0 Å². The first-order valence-electron chi connectivity index (χ1n) is 6.65. The van der Waals surface area contributed by atoms with Crippen LogP contribution < -0.4 is 11.5 Å². The zero-order chi connectivity index (χ0) is 15.7. The molecule has 0 atom stereocenters. The number of fused-ring (bicyclic) bond motifs is 2. The highest BCUT2D eigenvalue weighted by Crippen LogP contribution is 2.22. The normalized spacial score (nSPS) is 14.4. The van der Waals surface area contributed by atoms with Crippen LogP contribution in [0.25, 0.3) is 0 Å². The van der Waals surface area contributed by atoms with Gasteiger partial charge in [-0.15, -0.1) is 0 Å². The van der Waals surface area contributed by atoms with Crippen molar-refractivity contribution >= 4 is 23.3 Å². The molecule has 0 saturated carbocycles. The van der Waals surface area contributed by atoms with Crippen LogP contribution in [0, 0.1) is 0 Å². The molecule has 6 nitrogen and oxygen atoms in total. The molecule has 2 aromatic rings. The lowest BCUT2D eigenvalue weighted by Gasteiger charge is -1.94. The molecule has 0 saturated heterocycles. The first-order valence-corrected chi connectivity index (χ1v) is 6.65. The Morgan fingerprint density at radius 3 is 2.09 bits per heavy atom. The molecule has 0 spiro atoms. The zero-order valence-corrected chi connectivity index (χ0v) is 11.7. The molecule has 112 valence electrons. The van der Waals surface area contributed by atoms with E-state index in [-0.39, 0.29) is 11.9 Å². The second-order valence-corrected chi connectivity index (χ2v) is 4.99. The van der Waals surface area contributed by atoms with Crippen LogP contribution in [-0.4, -0.2) is 11.9 Å². The quantitative estimate of drug-likeness (QED) is 0.568. The van der Waals surface area contributed by atoms with Gasteiger partial charge < -0.3 is 20.9 Å². The van der Waals surface area contributed by atoms with E-state index in [4.69, 9.17) is 20.9 Å². The highest BCUT2D eigenvalue weighted by molar-refractivity contribution is 5.94. The molecule has 0 aromatic heterocycles. The van der Waals surface area contributed by atoms with Gasteiger partial charge in [0.2, 0.25) is 0 Å². The van der Waals surface area contributed by atoms with Crippen LogP contribution in [0.1, 0.15) is 31.8 Å². The van der Waals surface area contributed by atoms with E-state index in [9.17, 15) is 9.59 Å². The van der Waals surface area contributed by atoms with Crippen molar-refractivity contribution in [1.29, 1.82) is 0 Å². The molecule has 0 aliphatic carbocycles. The smallest absolute Gasteiger partial charge is 0.338 e. The fraction of sp³-hybridized carbons (Fsp3) is 0.125. The van der Waals surface area contributed by atoms with Crippen LogP contribution in [-0.2, 0) is 22.7 Å². The fourth-order valence-electron chi connectivity index (χ4n) is 2.28. The number of carbonyl (C=O) groups excluding carboxylic acids is 2. The average Bonchev–Trinajstić information content (AvgIpc) is 3.04. The number of hydrogen-bond donors (Lipinski definition) is 2. The lowest BCUT2D eigenvalue weighted by atomic mass is 10.1. The molecule has 2 aliphatic rings. The number of nitrogen functional groups attached to an aromatic ring is 2. The second-order valence-electron chi connectivity index (χ2n) is 4.99. The minimum atomic E-state index is -0.271. The van der Waals surface area contributed by atoms with Gasteiger partial charge in [-0.1, -0.05) is 6.07 Å². The third kappa shape index (κ3) is 2.58. The molecule has 4 rings (SSSR count). The number of cyclic esters (lactones) is 2. The highest BCUT2D eigenvalue weighted by Gasteiger charge is 2.20. The molecule has 2 aliphatic heterocycles. The van der Waals surface area contributed by atoms with Gasteiger partial charge in [0.25, 0.3) is 0 Å². The molecule has 0 fully saturated rings. The summed E-state index contributed by atoms with van der Waals surface area (Å²) in [7, 11) is 0. The first-order chi connectivity index (χ1) is 10.5. The number of hydrogen-bond acceptors (Lipinski definition) is 6. The minimum Gasteiger partial charge on any atom is -0.457 e. The molecule has 0 bridgehead atoms. The van der Waals surface area contributed by atoms with Gasteiger partial charge in [-0.2, -0.15) is 0 Å². The Morgan fingerprint density at radius 2 is 1.32 bits per heavy atom. The van der Waals surface area contributed by atoms with Gasteiger partial charge in [0, 0.05) is 22.5 Å². The third-order valence-corrected chi connectivity index (χ3v) is 3.42. The number of benzene rings is 2. The highest BCUT2D eigenvalue weighted by atomic mass is 16.5. The van der Waals surface area contributed by atoms with E-state index in [0.717, 1.165) is 11.1 Å². The van der Waals surface area contributed by atoms with Crippen LogP contribution in [0.4, 0.5) is 11.4 Å². The summed E-state index contributed by atoms with van der Waals surface area (Å²) < 4.78 is 9.57. The Hall–Kier alpha value is -3.02. The Labute approximate surface area is 126 Å². The Kier molecular flexibility index (Phi) is 3.42. The van der Waals surface area contributed by atoms with Crippen LogP contribution in [0.5, 0.6) is 0 Å². The average molecular weight is 298 g/mol. The van der Waals surface area contributed by atoms with Gasteiger partial charge in [0.1, 0.15) is 13.2 Å². The summed E-state index contributed by atoms with van der Waals surface area (Å²) in [5.74, 6) is -0.521. The molecule has 22 heavy (non-hydrogen) atoms. The SMILES string of the molecule is Nc1ccc2c(c1)C(=O)OC2.Nc1ccc2c(c1)COC2=O. The van der Waals surface area contributed by atoms with Crippen LogP contribution in [0.15, 0.2) is 36.4 Å². The summed E-state index contributed by atoms with van der Waals surface area (Å²) in [6.07, 6.45) is 0. The molecule has 2 heterocycles. The molecule has 4 N–H and O–H groups in total. The summed E-state index contributed by atoms with van der Waals surface area (Å²) in [6, 6.07) is 10.4. The van der Waals surface area contributed by atoms with Crippen molar-refractivity contribution < 1.29 is 19.1 Å². The zero-order valence-electron chi connectivity index (χ0n) is 11.7. The topological polar surface area (TPSA) is 105 Å². The van der Waals surface area contributed by atoms with Crippen molar-refractivity contribution in [3.8, 4) is 0 Å². The van der Waals surface area contributed by atoms with Gasteiger partial charge in [-0.25, -0.2) is 9.59 Å².